The Balaban J connectivity index is 2.38. The molecule has 3 nitrogen and oxygen atoms in total. The summed E-state index contributed by atoms with van der Waals surface area (Å²) in [6.45, 7) is 1.17. The number of carbonyl (C=O) groups excluding carboxylic acids is 1. The lowest BCUT2D eigenvalue weighted by Gasteiger charge is -2.11. The Bertz CT molecular complexity index is 387. The Morgan fingerprint density at radius 2 is 2.22 bits per heavy atom. The average Bonchev–Trinajstić information content (AvgIpc) is 2.37. The third kappa shape index (κ3) is 5.14. The summed E-state index contributed by atoms with van der Waals surface area (Å²) in [5.41, 5.74) is 0.534. The van der Waals surface area contributed by atoms with Gasteiger partial charge < -0.3 is 10.1 Å². The van der Waals surface area contributed by atoms with Crippen molar-refractivity contribution in [3.05, 3.63) is 35.6 Å². The van der Waals surface area contributed by atoms with Crippen molar-refractivity contribution < 1.29 is 13.9 Å². The standard InChI is InChI=1S/C13H17BrFNO2/c1-18-8-4-7-16-13(17)11(14)9-10-5-2-3-6-12(10)15/h2-3,5-6,11H,4,7-9H2,1H3,(H,16,17). The SMILES string of the molecule is COCCCNC(=O)C(Br)Cc1ccccc1F. The minimum atomic E-state index is -0.419. The maximum atomic E-state index is 13.4. The molecule has 0 radical (unpaired) electrons. The fourth-order valence-corrected chi connectivity index (χ4v) is 2.00. The van der Waals surface area contributed by atoms with Crippen LogP contribution in [0.15, 0.2) is 24.3 Å². The molecule has 1 N–H and O–H groups in total. The van der Waals surface area contributed by atoms with Gasteiger partial charge in [-0.3, -0.25) is 4.79 Å². The van der Waals surface area contributed by atoms with Crippen molar-refractivity contribution in [2.75, 3.05) is 20.3 Å². The van der Waals surface area contributed by atoms with E-state index in [0.29, 0.717) is 25.1 Å². The van der Waals surface area contributed by atoms with Gasteiger partial charge in [-0.2, -0.15) is 0 Å². The highest BCUT2D eigenvalue weighted by Crippen LogP contribution is 2.13. The minimum absolute atomic E-state index is 0.130. The molecule has 1 atom stereocenters. The number of carbonyl (C=O) groups is 1. The quantitative estimate of drug-likeness (QED) is 0.619. The van der Waals surface area contributed by atoms with Gasteiger partial charge in [0.1, 0.15) is 5.82 Å². The van der Waals surface area contributed by atoms with E-state index in [4.69, 9.17) is 4.74 Å². The maximum Gasteiger partial charge on any atom is 0.234 e. The number of ether oxygens (including phenoxy) is 1. The molecule has 100 valence electrons. The summed E-state index contributed by atoms with van der Waals surface area (Å²) in [5, 5.41) is 2.77. The number of nitrogens with one attached hydrogen (secondary N) is 1. The molecule has 18 heavy (non-hydrogen) atoms. The molecule has 0 spiro atoms. The Labute approximate surface area is 115 Å². The molecule has 0 bridgehead atoms. The summed E-state index contributed by atoms with van der Waals surface area (Å²) in [6, 6.07) is 6.47. The summed E-state index contributed by atoms with van der Waals surface area (Å²) in [4.78, 5) is 11.3. The zero-order valence-corrected chi connectivity index (χ0v) is 11.9. The summed E-state index contributed by atoms with van der Waals surface area (Å²) < 4.78 is 18.3. The van der Waals surface area contributed by atoms with E-state index in [1.165, 1.54) is 6.07 Å². The molecular weight excluding hydrogens is 301 g/mol. The molecule has 1 amide bonds. The predicted molar refractivity (Wildman–Crippen MR) is 72.3 cm³/mol. The normalized spacial score (nSPS) is 12.2. The van der Waals surface area contributed by atoms with Crippen molar-refractivity contribution in [1.29, 1.82) is 0 Å². The largest absolute Gasteiger partial charge is 0.385 e. The lowest BCUT2D eigenvalue weighted by atomic mass is 10.1. The fourth-order valence-electron chi connectivity index (χ4n) is 1.49. The molecule has 0 aliphatic rings. The Kier molecular flexibility index (Phi) is 6.90. The number of hydrogen-bond donors (Lipinski definition) is 1. The minimum Gasteiger partial charge on any atom is -0.385 e. The van der Waals surface area contributed by atoms with Gasteiger partial charge in [0.2, 0.25) is 5.91 Å². The smallest absolute Gasteiger partial charge is 0.234 e. The molecule has 0 aliphatic carbocycles. The van der Waals surface area contributed by atoms with E-state index < -0.39 is 4.83 Å². The molecule has 1 aromatic rings. The van der Waals surface area contributed by atoms with Gasteiger partial charge in [0.05, 0.1) is 4.83 Å². The zero-order valence-electron chi connectivity index (χ0n) is 10.3. The molecule has 0 fully saturated rings. The number of halogens is 2. The van der Waals surface area contributed by atoms with E-state index in [-0.39, 0.29) is 11.7 Å². The van der Waals surface area contributed by atoms with Crippen LogP contribution in [0.3, 0.4) is 0 Å². The van der Waals surface area contributed by atoms with E-state index in [9.17, 15) is 9.18 Å². The van der Waals surface area contributed by atoms with Crippen LogP contribution in [-0.2, 0) is 16.0 Å². The highest BCUT2D eigenvalue weighted by Gasteiger charge is 2.16. The van der Waals surface area contributed by atoms with Gasteiger partial charge in [-0.05, 0) is 24.5 Å². The topological polar surface area (TPSA) is 38.3 Å². The molecule has 5 heteroatoms. The molecule has 1 aromatic carbocycles. The van der Waals surface area contributed by atoms with Crippen molar-refractivity contribution in [3.8, 4) is 0 Å². The first-order valence-electron chi connectivity index (χ1n) is 5.79. The number of benzene rings is 1. The molecule has 1 rings (SSSR count). The molecule has 1 unspecified atom stereocenters. The summed E-state index contributed by atoms with van der Waals surface area (Å²) >= 11 is 3.27. The predicted octanol–water partition coefficient (Wildman–Crippen LogP) is 2.28. The number of amides is 1. The third-order valence-electron chi connectivity index (χ3n) is 2.47. The molecule has 0 aliphatic heterocycles. The van der Waals surface area contributed by atoms with Crippen molar-refractivity contribution in [1.82, 2.24) is 5.32 Å². The number of alkyl halides is 1. The molecule has 0 heterocycles. The maximum absolute atomic E-state index is 13.4. The molecule has 0 aromatic heterocycles. The van der Waals surface area contributed by atoms with Crippen molar-refractivity contribution >= 4 is 21.8 Å². The van der Waals surface area contributed by atoms with E-state index in [0.717, 1.165) is 6.42 Å². The van der Waals surface area contributed by atoms with E-state index in [1.807, 2.05) is 0 Å². The summed E-state index contributed by atoms with van der Waals surface area (Å²) in [5.74, 6) is -0.413. The van der Waals surface area contributed by atoms with Gasteiger partial charge in [0, 0.05) is 20.3 Å². The second-order valence-electron chi connectivity index (χ2n) is 3.90. The summed E-state index contributed by atoms with van der Waals surface area (Å²) in [7, 11) is 1.62. The monoisotopic (exact) mass is 317 g/mol. The van der Waals surface area contributed by atoms with Crippen LogP contribution in [0.1, 0.15) is 12.0 Å². The summed E-state index contributed by atoms with van der Waals surface area (Å²) in [6.07, 6.45) is 1.10. The van der Waals surface area contributed by atoms with Gasteiger partial charge in [0.15, 0.2) is 0 Å². The zero-order chi connectivity index (χ0) is 13.4. The van der Waals surface area contributed by atoms with Crippen LogP contribution in [0.25, 0.3) is 0 Å². The van der Waals surface area contributed by atoms with E-state index >= 15 is 0 Å². The van der Waals surface area contributed by atoms with Gasteiger partial charge in [0.25, 0.3) is 0 Å². The average molecular weight is 318 g/mol. The molecular formula is C13H17BrFNO2. The molecule has 0 saturated carbocycles. The lowest BCUT2D eigenvalue weighted by molar-refractivity contribution is -0.120. The van der Waals surface area contributed by atoms with Crippen LogP contribution in [0.4, 0.5) is 4.39 Å². The van der Waals surface area contributed by atoms with Crippen LogP contribution >= 0.6 is 15.9 Å². The third-order valence-corrected chi connectivity index (χ3v) is 3.21. The first kappa shape index (κ1) is 15.1. The second kappa shape index (κ2) is 8.21. The Morgan fingerprint density at radius 3 is 2.89 bits per heavy atom. The molecule has 0 saturated heterocycles. The van der Waals surface area contributed by atoms with Crippen molar-refractivity contribution in [2.45, 2.75) is 17.7 Å². The van der Waals surface area contributed by atoms with Gasteiger partial charge in [-0.1, -0.05) is 34.1 Å². The van der Waals surface area contributed by atoms with E-state index in [1.54, 1.807) is 25.3 Å². The van der Waals surface area contributed by atoms with Crippen molar-refractivity contribution in [3.63, 3.8) is 0 Å². The first-order chi connectivity index (χ1) is 8.65. The highest BCUT2D eigenvalue weighted by atomic mass is 79.9. The van der Waals surface area contributed by atoms with Crippen LogP contribution in [0, 0.1) is 5.82 Å². The fraction of sp³-hybridized carbons (Fsp3) is 0.462. The van der Waals surface area contributed by atoms with Gasteiger partial charge >= 0.3 is 0 Å². The first-order valence-corrected chi connectivity index (χ1v) is 6.71. The Morgan fingerprint density at radius 1 is 1.50 bits per heavy atom. The van der Waals surface area contributed by atoms with Gasteiger partial charge in [-0.25, -0.2) is 4.39 Å². The lowest BCUT2D eigenvalue weighted by Crippen LogP contribution is -2.33. The van der Waals surface area contributed by atoms with Crippen LogP contribution < -0.4 is 5.32 Å². The number of hydrogen-bond acceptors (Lipinski definition) is 2. The van der Waals surface area contributed by atoms with E-state index in [2.05, 4.69) is 21.2 Å². The number of rotatable bonds is 7. The Hall–Kier alpha value is -0.940. The van der Waals surface area contributed by atoms with Gasteiger partial charge in [-0.15, -0.1) is 0 Å². The van der Waals surface area contributed by atoms with Crippen LogP contribution in [0.5, 0.6) is 0 Å². The van der Waals surface area contributed by atoms with Crippen LogP contribution in [0.2, 0.25) is 0 Å². The second-order valence-corrected chi connectivity index (χ2v) is 5.01. The van der Waals surface area contributed by atoms with Crippen molar-refractivity contribution in [2.24, 2.45) is 0 Å². The highest BCUT2D eigenvalue weighted by molar-refractivity contribution is 9.10. The van der Waals surface area contributed by atoms with Crippen LogP contribution in [-0.4, -0.2) is 31.0 Å². The number of methoxy groups -OCH3 is 1.